The van der Waals surface area contributed by atoms with E-state index in [1.807, 2.05) is 0 Å². The molecule has 0 aromatic heterocycles. The SMILES string of the molecule is CC(=O)OC(C)ON=[N+]([O-])N(C)CCC(=O)O. The van der Waals surface area contributed by atoms with Gasteiger partial charge in [0, 0.05) is 13.8 Å². The van der Waals surface area contributed by atoms with E-state index in [9.17, 15) is 14.8 Å². The molecule has 98 valence electrons. The standard InChI is InChI=1S/C8H15N3O6/c1-6(12)16-7(2)17-9-11(15)10(3)5-4-8(13)14/h7H,4-5H2,1-3H3,(H,13,14). The third-order valence-corrected chi connectivity index (χ3v) is 1.54. The van der Waals surface area contributed by atoms with Crippen molar-refractivity contribution in [2.75, 3.05) is 13.6 Å². The first-order chi connectivity index (χ1) is 7.82. The third kappa shape index (κ3) is 7.82. The highest BCUT2D eigenvalue weighted by atomic mass is 16.8. The maximum Gasteiger partial charge on any atom is 0.305 e. The highest BCUT2D eigenvalue weighted by Crippen LogP contribution is 1.97. The van der Waals surface area contributed by atoms with Crippen molar-refractivity contribution in [2.24, 2.45) is 5.28 Å². The molecule has 0 saturated heterocycles. The molecule has 1 atom stereocenters. The molecule has 17 heavy (non-hydrogen) atoms. The van der Waals surface area contributed by atoms with Crippen molar-refractivity contribution >= 4 is 11.9 Å². The minimum Gasteiger partial charge on any atom is -0.569 e. The van der Waals surface area contributed by atoms with Crippen molar-refractivity contribution in [2.45, 2.75) is 26.6 Å². The molecule has 0 radical (unpaired) electrons. The van der Waals surface area contributed by atoms with E-state index < -0.39 is 18.2 Å². The summed E-state index contributed by atoms with van der Waals surface area (Å²) in [6.07, 6.45) is -1.19. The Bertz CT molecular complexity index is 306. The number of rotatable bonds is 7. The first-order valence-electron chi connectivity index (χ1n) is 4.77. The van der Waals surface area contributed by atoms with Crippen LogP contribution in [0.2, 0.25) is 0 Å². The summed E-state index contributed by atoms with van der Waals surface area (Å²) in [4.78, 5) is 25.4. The number of carbonyl (C=O) groups is 2. The van der Waals surface area contributed by atoms with E-state index in [0.29, 0.717) is 0 Å². The summed E-state index contributed by atoms with van der Waals surface area (Å²) in [5.74, 6) is -1.59. The fourth-order valence-electron chi connectivity index (χ4n) is 0.767. The normalized spacial score (nSPS) is 12.8. The van der Waals surface area contributed by atoms with Gasteiger partial charge < -0.3 is 15.1 Å². The van der Waals surface area contributed by atoms with Gasteiger partial charge in [-0.3, -0.25) is 14.4 Å². The van der Waals surface area contributed by atoms with Crippen LogP contribution < -0.4 is 0 Å². The Kier molecular flexibility index (Phi) is 6.37. The quantitative estimate of drug-likeness (QED) is 0.224. The van der Waals surface area contributed by atoms with E-state index in [-0.39, 0.29) is 17.9 Å². The van der Waals surface area contributed by atoms with Crippen molar-refractivity contribution < 1.29 is 29.2 Å². The van der Waals surface area contributed by atoms with Gasteiger partial charge in [0.1, 0.15) is 0 Å². The van der Waals surface area contributed by atoms with Gasteiger partial charge in [-0.2, -0.15) is 0 Å². The number of carboxylic acid groups (broad SMARTS) is 1. The lowest BCUT2D eigenvalue weighted by molar-refractivity contribution is -0.707. The molecular formula is C8H15N3O6. The Morgan fingerprint density at radius 1 is 1.59 bits per heavy atom. The van der Waals surface area contributed by atoms with Gasteiger partial charge in [0.05, 0.1) is 25.0 Å². The number of ether oxygens (including phenoxy) is 1. The maximum atomic E-state index is 11.2. The van der Waals surface area contributed by atoms with E-state index >= 15 is 0 Å². The lowest BCUT2D eigenvalue weighted by Crippen LogP contribution is -2.29. The number of aliphatic carboxylic acids is 1. The van der Waals surface area contributed by atoms with Crippen molar-refractivity contribution in [3.05, 3.63) is 5.21 Å². The molecule has 0 bridgehead atoms. The fraction of sp³-hybridized carbons (Fsp3) is 0.750. The summed E-state index contributed by atoms with van der Waals surface area (Å²) in [7, 11) is 1.35. The first-order valence-corrected chi connectivity index (χ1v) is 4.77. The Labute approximate surface area is 97.7 Å². The fourth-order valence-corrected chi connectivity index (χ4v) is 0.767. The van der Waals surface area contributed by atoms with Gasteiger partial charge in [-0.05, 0) is 0 Å². The molecule has 9 nitrogen and oxygen atoms in total. The zero-order chi connectivity index (χ0) is 13.4. The van der Waals surface area contributed by atoms with E-state index in [0.717, 1.165) is 5.01 Å². The number of carboxylic acids is 1. The summed E-state index contributed by atoms with van der Waals surface area (Å²) in [6.45, 7) is 2.55. The second kappa shape index (κ2) is 7.25. The van der Waals surface area contributed by atoms with Crippen LogP contribution in [0.1, 0.15) is 20.3 Å². The van der Waals surface area contributed by atoms with Crippen molar-refractivity contribution in [1.29, 1.82) is 0 Å². The minimum absolute atomic E-state index is 0.0202. The molecule has 0 rings (SSSR count). The van der Waals surface area contributed by atoms with E-state index in [1.165, 1.54) is 20.9 Å². The highest BCUT2D eigenvalue weighted by Gasteiger charge is 2.11. The smallest absolute Gasteiger partial charge is 0.305 e. The van der Waals surface area contributed by atoms with Gasteiger partial charge in [-0.1, -0.05) is 0 Å². The molecule has 0 aromatic rings. The molecule has 1 unspecified atom stereocenters. The van der Waals surface area contributed by atoms with E-state index in [1.54, 1.807) is 0 Å². The topological polar surface area (TPSA) is 114 Å². The monoisotopic (exact) mass is 249 g/mol. The van der Waals surface area contributed by atoms with Crippen LogP contribution in [0.4, 0.5) is 0 Å². The van der Waals surface area contributed by atoms with Crippen LogP contribution in [-0.2, 0) is 19.2 Å². The average molecular weight is 249 g/mol. The Morgan fingerprint density at radius 3 is 2.65 bits per heavy atom. The van der Waals surface area contributed by atoms with Gasteiger partial charge in [0.15, 0.2) is 0 Å². The molecule has 0 fully saturated rings. The summed E-state index contributed by atoms with van der Waals surface area (Å²) in [6, 6.07) is 0. The van der Waals surface area contributed by atoms with Crippen LogP contribution >= 0.6 is 0 Å². The Hall–Kier alpha value is -2.06. The molecule has 0 aliphatic heterocycles. The number of hydrogen-bond acceptors (Lipinski definition) is 6. The number of hydrogen-bond donors (Lipinski definition) is 1. The summed E-state index contributed by atoms with van der Waals surface area (Å²) in [5.41, 5.74) is 0. The predicted octanol–water partition coefficient (Wildman–Crippen LogP) is 0.111. The minimum atomic E-state index is -1.03. The summed E-state index contributed by atoms with van der Waals surface area (Å²) in [5, 5.41) is 23.6. The van der Waals surface area contributed by atoms with Gasteiger partial charge in [0.25, 0.3) is 6.29 Å². The Balaban J connectivity index is 4.06. The lowest BCUT2D eigenvalue weighted by atomic mass is 10.4. The molecule has 0 aliphatic rings. The molecular weight excluding hydrogens is 234 g/mol. The van der Waals surface area contributed by atoms with Crippen molar-refractivity contribution in [3.63, 3.8) is 0 Å². The maximum absolute atomic E-state index is 11.2. The number of nitrogens with zero attached hydrogens (tertiary/aromatic N) is 3. The number of hydrazine groups is 1. The largest absolute Gasteiger partial charge is 0.569 e. The number of esters is 1. The molecule has 0 saturated carbocycles. The Morgan fingerprint density at radius 2 is 2.18 bits per heavy atom. The van der Waals surface area contributed by atoms with Gasteiger partial charge in [0.2, 0.25) is 5.28 Å². The molecule has 0 aromatic carbocycles. The molecule has 9 heteroatoms. The van der Waals surface area contributed by atoms with Gasteiger partial charge >= 0.3 is 11.9 Å². The van der Waals surface area contributed by atoms with Gasteiger partial charge in [-0.15, -0.1) is 5.01 Å². The van der Waals surface area contributed by atoms with Crippen LogP contribution in [0, 0.1) is 5.21 Å². The first kappa shape index (κ1) is 14.9. The van der Waals surface area contributed by atoms with Crippen LogP contribution in [0.25, 0.3) is 0 Å². The van der Waals surface area contributed by atoms with Crippen LogP contribution in [-0.4, -0.2) is 46.9 Å². The van der Waals surface area contributed by atoms with Crippen LogP contribution in [0.3, 0.4) is 0 Å². The average Bonchev–Trinajstić information content (AvgIpc) is 2.21. The molecule has 0 heterocycles. The second-order valence-corrected chi connectivity index (χ2v) is 3.14. The van der Waals surface area contributed by atoms with Crippen molar-refractivity contribution in [1.82, 2.24) is 5.01 Å². The summed E-state index contributed by atoms with van der Waals surface area (Å²) >= 11 is 0. The molecule has 0 spiro atoms. The molecule has 0 aliphatic carbocycles. The molecule has 0 amide bonds. The predicted molar refractivity (Wildman–Crippen MR) is 53.3 cm³/mol. The van der Waals surface area contributed by atoms with Crippen LogP contribution in [0.15, 0.2) is 5.28 Å². The third-order valence-electron chi connectivity index (χ3n) is 1.54. The summed E-state index contributed by atoms with van der Waals surface area (Å²) < 4.78 is 4.55. The zero-order valence-corrected chi connectivity index (χ0v) is 9.82. The van der Waals surface area contributed by atoms with E-state index in [2.05, 4.69) is 14.9 Å². The van der Waals surface area contributed by atoms with E-state index in [4.69, 9.17) is 5.11 Å². The lowest BCUT2D eigenvalue weighted by Gasteiger charge is -2.12. The van der Waals surface area contributed by atoms with Gasteiger partial charge in [-0.25, -0.2) is 0 Å². The van der Waals surface area contributed by atoms with Crippen LogP contribution in [0.5, 0.6) is 0 Å². The zero-order valence-electron chi connectivity index (χ0n) is 9.82. The number of carbonyl (C=O) groups excluding carboxylic acids is 1. The second-order valence-electron chi connectivity index (χ2n) is 3.14. The van der Waals surface area contributed by atoms with Crippen molar-refractivity contribution in [3.8, 4) is 0 Å². The molecule has 1 N–H and O–H groups in total. The highest BCUT2D eigenvalue weighted by molar-refractivity contribution is 5.66.